The van der Waals surface area contributed by atoms with Crippen molar-refractivity contribution in [3.8, 4) is 11.5 Å². The molecule has 0 bridgehead atoms. The first-order chi connectivity index (χ1) is 16.4. The minimum Gasteiger partial charge on any atom is -0.495 e. The van der Waals surface area contributed by atoms with Gasteiger partial charge < -0.3 is 19.7 Å². The average molecular weight is 474 g/mol. The number of hydrogen-bond donors (Lipinski definition) is 1. The molecule has 6 nitrogen and oxygen atoms in total. The zero-order valence-electron chi connectivity index (χ0n) is 18.4. The van der Waals surface area contributed by atoms with Crippen molar-refractivity contribution in [2.45, 2.75) is 25.9 Å². The molecule has 1 aliphatic carbocycles. The van der Waals surface area contributed by atoms with Crippen molar-refractivity contribution >= 4 is 17.3 Å². The number of aromatic nitrogens is 2. The summed E-state index contributed by atoms with van der Waals surface area (Å²) in [6, 6.07) is 5.90. The summed E-state index contributed by atoms with van der Waals surface area (Å²) >= 11 is 0. The third-order valence-electron chi connectivity index (χ3n) is 6.46. The molecule has 34 heavy (non-hydrogen) atoms. The number of anilines is 3. The van der Waals surface area contributed by atoms with Gasteiger partial charge in [-0.25, -0.2) is 27.5 Å². The molecular weight excluding hydrogens is 452 g/mol. The smallest absolute Gasteiger partial charge is 0.227 e. The fourth-order valence-electron chi connectivity index (χ4n) is 4.43. The number of nitrogens with one attached hydrogen (secondary N) is 1. The molecule has 0 atom stereocenters. The van der Waals surface area contributed by atoms with Crippen LogP contribution >= 0.6 is 0 Å². The highest BCUT2D eigenvalue weighted by atomic mass is 19.2. The van der Waals surface area contributed by atoms with Crippen molar-refractivity contribution < 1.29 is 27.0 Å². The zero-order valence-corrected chi connectivity index (χ0v) is 18.4. The summed E-state index contributed by atoms with van der Waals surface area (Å²) in [5.74, 6) is -4.92. The lowest BCUT2D eigenvalue weighted by molar-refractivity contribution is 0.0899. The summed E-state index contributed by atoms with van der Waals surface area (Å²) in [5.41, 5.74) is 1.41. The lowest BCUT2D eigenvalue weighted by Gasteiger charge is -2.57. The Morgan fingerprint density at radius 3 is 2.26 bits per heavy atom. The van der Waals surface area contributed by atoms with Crippen LogP contribution in [0.3, 0.4) is 0 Å². The molecule has 1 aliphatic heterocycles. The Labute approximate surface area is 193 Å². The zero-order chi connectivity index (χ0) is 23.9. The molecule has 3 aromatic rings. The number of methoxy groups -OCH3 is 1. The average Bonchev–Trinajstić information content (AvgIpc) is 2.77. The lowest BCUT2D eigenvalue weighted by atomic mass is 9.63. The maximum atomic E-state index is 13.8. The van der Waals surface area contributed by atoms with Gasteiger partial charge in [0.25, 0.3) is 0 Å². The van der Waals surface area contributed by atoms with Crippen molar-refractivity contribution in [3.05, 3.63) is 65.5 Å². The minimum atomic E-state index is -1.50. The molecule has 1 spiro atoms. The van der Waals surface area contributed by atoms with Crippen LogP contribution in [-0.4, -0.2) is 30.2 Å². The topological polar surface area (TPSA) is 59.5 Å². The fourth-order valence-corrected chi connectivity index (χ4v) is 4.43. The van der Waals surface area contributed by atoms with Crippen LogP contribution in [0.15, 0.2) is 36.7 Å². The Balaban J connectivity index is 1.22. The summed E-state index contributed by atoms with van der Waals surface area (Å²) in [6.45, 7) is 1.38. The first-order valence-electron chi connectivity index (χ1n) is 10.8. The SMILES string of the molecule is COc1cc(Nc2ncc(OCc3c(F)c(F)cc(F)c3F)cn2)ccc1N1CC2(CCC2)C1. The molecule has 10 heteroatoms. The van der Waals surface area contributed by atoms with E-state index in [1.807, 2.05) is 18.2 Å². The van der Waals surface area contributed by atoms with Crippen molar-refractivity contribution in [1.29, 1.82) is 0 Å². The highest BCUT2D eigenvalue weighted by Crippen LogP contribution is 2.51. The number of hydrogen-bond acceptors (Lipinski definition) is 6. The first kappa shape index (κ1) is 22.2. The molecule has 1 saturated carbocycles. The van der Waals surface area contributed by atoms with Crippen LogP contribution in [0.4, 0.5) is 34.9 Å². The summed E-state index contributed by atoms with van der Waals surface area (Å²) in [7, 11) is 1.63. The van der Waals surface area contributed by atoms with Crippen molar-refractivity contribution in [3.63, 3.8) is 0 Å². The molecular formula is C24H22F4N4O2. The molecule has 2 fully saturated rings. The molecule has 0 radical (unpaired) electrons. The van der Waals surface area contributed by atoms with E-state index in [0.717, 1.165) is 24.5 Å². The molecule has 2 aromatic carbocycles. The molecule has 178 valence electrons. The van der Waals surface area contributed by atoms with E-state index in [0.29, 0.717) is 11.1 Å². The number of halogens is 4. The quantitative estimate of drug-likeness (QED) is 0.368. The van der Waals surface area contributed by atoms with E-state index in [9.17, 15) is 17.6 Å². The van der Waals surface area contributed by atoms with Gasteiger partial charge in [0.15, 0.2) is 29.0 Å². The fraction of sp³-hybridized carbons (Fsp3) is 0.333. The van der Waals surface area contributed by atoms with Gasteiger partial charge >= 0.3 is 0 Å². The third-order valence-corrected chi connectivity index (χ3v) is 6.46. The van der Waals surface area contributed by atoms with Crippen LogP contribution < -0.4 is 19.7 Å². The van der Waals surface area contributed by atoms with Crippen LogP contribution in [-0.2, 0) is 6.61 Å². The molecule has 2 aliphatic rings. The van der Waals surface area contributed by atoms with Gasteiger partial charge in [0.2, 0.25) is 5.95 Å². The number of benzene rings is 2. The second-order valence-corrected chi connectivity index (χ2v) is 8.70. The summed E-state index contributed by atoms with van der Waals surface area (Å²) in [5, 5.41) is 3.06. The number of rotatable bonds is 7. The van der Waals surface area contributed by atoms with Crippen LogP contribution in [0.25, 0.3) is 0 Å². The van der Waals surface area contributed by atoms with Crippen LogP contribution in [0.5, 0.6) is 11.5 Å². The third kappa shape index (κ3) is 4.08. The van der Waals surface area contributed by atoms with Crippen molar-refractivity contribution in [2.24, 2.45) is 5.41 Å². The molecule has 1 N–H and O–H groups in total. The summed E-state index contributed by atoms with van der Waals surface area (Å²) < 4.78 is 64.9. The normalized spacial score (nSPS) is 16.1. The monoisotopic (exact) mass is 474 g/mol. The Kier molecular flexibility index (Phi) is 5.66. The van der Waals surface area contributed by atoms with Gasteiger partial charge in [0, 0.05) is 36.3 Å². The van der Waals surface area contributed by atoms with Gasteiger partial charge in [-0.15, -0.1) is 0 Å². The van der Waals surface area contributed by atoms with E-state index in [1.54, 1.807) is 7.11 Å². The minimum absolute atomic E-state index is 0.0738. The van der Waals surface area contributed by atoms with Gasteiger partial charge in [-0.05, 0) is 25.0 Å². The van der Waals surface area contributed by atoms with Gasteiger partial charge in [-0.1, -0.05) is 6.42 Å². The maximum Gasteiger partial charge on any atom is 0.227 e. The highest BCUT2D eigenvalue weighted by molar-refractivity contribution is 5.68. The molecule has 0 unspecified atom stereocenters. The lowest BCUT2D eigenvalue weighted by Crippen LogP contribution is -2.59. The number of ether oxygens (including phenoxy) is 2. The Morgan fingerprint density at radius 2 is 1.68 bits per heavy atom. The largest absolute Gasteiger partial charge is 0.495 e. The predicted octanol–water partition coefficient (Wildman–Crippen LogP) is 5.35. The first-order valence-corrected chi connectivity index (χ1v) is 10.8. The van der Waals surface area contributed by atoms with Gasteiger partial charge in [-0.3, -0.25) is 0 Å². The molecule has 5 rings (SSSR count). The van der Waals surface area contributed by atoms with Crippen molar-refractivity contribution in [2.75, 3.05) is 30.4 Å². The van der Waals surface area contributed by atoms with E-state index in [4.69, 9.17) is 9.47 Å². The van der Waals surface area contributed by atoms with Gasteiger partial charge in [0.05, 0.1) is 30.8 Å². The Hall–Kier alpha value is -3.56. The number of nitrogens with zero attached hydrogens (tertiary/aromatic N) is 3. The van der Waals surface area contributed by atoms with Crippen LogP contribution in [0.2, 0.25) is 0 Å². The highest BCUT2D eigenvalue weighted by Gasteiger charge is 2.47. The van der Waals surface area contributed by atoms with E-state index < -0.39 is 35.4 Å². The van der Waals surface area contributed by atoms with Gasteiger partial charge in [-0.2, -0.15) is 0 Å². The van der Waals surface area contributed by atoms with E-state index >= 15 is 0 Å². The van der Waals surface area contributed by atoms with Crippen LogP contribution in [0.1, 0.15) is 24.8 Å². The second-order valence-electron chi connectivity index (χ2n) is 8.70. The standard InChI is InChI=1S/C24H22F4N4O2/c1-33-20-7-14(3-4-19(20)32-12-24(13-32)5-2-6-24)31-23-29-9-15(10-30-23)34-11-16-21(27)17(25)8-18(26)22(16)28/h3-4,7-10H,2,5-6,11-13H2,1H3,(H,29,30,31). The summed E-state index contributed by atoms with van der Waals surface area (Å²) in [4.78, 5) is 10.5. The van der Waals surface area contributed by atoms with E-state index in [1.165, 1.54) is 31.7 Å². The molecule has 1 saturated heterocycles. The Bertz CT molecular complexity index is 1180. The molecule has 0 amide bonds. The Morgan fingerprint density at radius 1 is 1.00 bits per heavy atom. The molecule has 1 aromatic heterocycles. The molecule has 2 heterocycles. The predicted molar refractivity (Wildman–Crippen MR) is 117 cm³/mol. The van der Waals surface area contributed by atoms with E-state index in [2.05, 4.69) is 20.2 Å². The summed E-state index contributed by atoms with van der Waals surface area (Å²) in [6.07, 6.45) is 6.47. The van der Waals surface area contributed by atoms with Crippen molar-refractivity contribution in [1.82, 2.24) is 9.97 Å². The van der Waals surface area contributed by atoms with Crippen LogP contribution in [0, 0.1) is 28.7 Å². The van der Waals surface area contributed by atoms with E-state index in [-0.39, 0.29) is 17.8 Å². The maximum absolute atomic E-state index is 13.8. The van der Waals surface area contributed by atoms with Gasteiger partial charge in [0.1, 0.15) is 12.4 Å². The second kappa shape index (κ2) is 8.66.